The van der Waals surface area contributed by atoms with Crippen LogP contribution in [0.5, 0.6) is 0 Å². The maximum atomic E-state index is 11.3. The maximum absolute atomic E-state index is 11.3. The number of aliphatic hydroxyl groups excluding tert-OH is 3. The van der Waals surface area contributed by atoms with Gasteiger partial charge in [0.25, 0.3) is 0 Å². The lowest BCUT2D eigenvalue weighted by molar-refractivity contribution is -0.208. The van der Waals surface area contributed by atoms with Crippen molar-refractivity contribution in [3.8, 4) is 0 Å². The van der Waals surface area contributed by atoms with Crippen LogP contribution in [-0.2, 0) is 14.3 Å². The van der Waals surface area contributed by atoms with Crippen LogP contribution in [0.4, 0.5) is 0 Å². The van der Waals surface area contributed by atoms with Gasteiger partial charge in [0, 0.05) is 6.42 Å². The molecule has 1 unspecified atom stereocenters. The summed E-state index contributed by atoms with van der Waals surface area (Å²) < 4.78 is 7.42. The number of hydrogen-bond donors (Lipinski definition) is 3. The number of alkyl halides is 2. The third-order valence-corrected chi connectivity index (χ3v) is 2.63. The lowest BCUT2D eigenvalue weighted by Crippen LogP contribution is -2.46. The van der Waals surface area contributed by atoms with E-state index in [1.54, 1.807) is 0 Å². The molecule has 94 valence electrons. The van der Waals surface area contributed by atoms with Gasteiger partial charge in [0.05, 0.1) is 13.2 Å². The van der Waals surface area contributed by atoms with E-state index in [0.29, 0.717) is 0 Å². The molecule has 0 saturated carbocycles. The van der Waals surface area contributed by atoms with Crippen molar-refractivity contribution in [2.45, 2.75) is 29.3 Å². The molecule has 1 rings (SSSR count). The Balaban J connectivity index is 2.55. The Kier molecular flexibility index (Phi) is 4.78. The highest BCUT2D eigenvalue weighted by Crippen LogP contribution is 2.25. The Morgan fingerprint density at radius 2 is 2.12 bits per heavy atom. The van der Waals surface area contributed by atoms with Gasteiger partial charge in [-0.1, -0.05) is 23.2 Å². The topological polar surface area (TPSA) is 96.2 Å². The molecule has 16 heavy (non-hydrogen) atoms. The van der Waals surface area contributed by atoms with Crippen molar-refractivity contribution < 1.29 is 29.6 Å². The summed E-state index contributed by atoms with van der Waals surface area (Å²) in [5.41, 5.74) is 0. The highest BCUT2D eigenvalue weighted by molar-refractivity contribution is 6.57. The molecule has 1 aliphatic rings. The first-order chi connectivity index (χ1) is 7.36. The number of carbonyl (C=O) groups excluding carboxylic acids is 1. The zero-order chi connectivity index (χ0) is 12.3. The minimum Gasteiger partial charge on any atom is -0.457 e. The number of ether oxygens (including phenoxy) is 2. The number of halogens is 2. The summed E-state index contributed by atoms with van der Waals surface area (Å²) in [6.45, 7) is -0.966. The van der Waals surface area contributed by atoms with Crippen molar-refractivity contribution in [2.75, 3.05) is 13.2 Å². The highest BCUT2D eigenvalue weighted by atomic mass is 35.5. The molecule has 0 amide bonds. The van der Waals surface area contributed by atoms with Crippen LogP contribution in [0.3, 0.4) is 0 Å². The largest absolute Gasteiger partial charge is 0.457 e. The van der Waals surface area contributed by atoms with Crippen molar-refractivity contribution in [2.24, 2.45) is 0 Å². The van der Waals surface area contributed by atoms with Gasteiger partial charge in [-0.25, -0.2) is 4.79 Å². The summed E-state index contributed by atoms with van der Waals surface area (Å²) in [6.07, 6.45) is -3.22. The first kappa shape index (κ1) is 14.0. The van der Waals surface area contributed by atoms with E-state index in [4.69, 9.17) is 42.9 Å². The van der Waals surface area contributed by atoms with E-state index < -0.39 is 35.4 Å². The van der Waals surface area contributed by atoms with Gasteiger partial charge >= 0.3 is 5.97 Å². The fourth-order valence-electron chi connectivity index (χ4n) is 1.16. The van der Waals surface area contributed by atoms with E-state index in [9.17, 15) is 9.90 Å². The van der Waals surface area contributed by atoms with Crippen LogP contribution in [0.15, 0.2) is 0 Å². The average molecular weight is 275 g/mol. The summed E-state index contributed by atoms with van der Waals surface area (Å²) in [7, 11) is 0. The smallest absolute Gasteiger partial charge is 0.345 e. The molecule has 0 aromatic carbocycles. The molecule has 8 heteroatoms. The number of aliphatic hydroxyl groups is 3. The van der Waals surface area contributed by atoms with Crippen molar-refractivity contribution in [1.82, 2.24) is 0 Å². The molecule has 1 saturated heterocycles. The first-order valence-corrected chi connectivity index (χ1v) is 5.30. The van der Waals surface area contributed by atoms with Gasteiger partial charge in [-0.15, -0.1) is 0 Å². The van der Waals surface area contributed by atoms with Gasteiger partial charge in [-0.2, -0.15) is 0 Å². The van der Waals surface area contributed by atoms with E-state index in [2.05, 4.69) is 0 Å². The highest BCUT2D eigenvalue weighted by Gasteiger charge is 2.39. The molecule has 0 aromatic rings. The second-order valence-electron chi connectivity index (χ2n) is 3.40. The van der Waals surface area contributed by atoms with Crippen molar-refractivity contribution in [3.63, 3.8) is 0 Å². The molecule has 0 aromatic heterocycles. The fourth-order valence-corrected chi connectivity index (χ4v) is 1.24. The zero-order valence-corrected chi connectivity index (χ0v) is 9.69. The summed E-state index contributed by atoms with van der Waals surface area (Å²) >= 11 is 10.9. The lowest BCUT2D eigenvalue weighted by Gasteiger charge is -2.31. The standard InChI is InChI=1S/C8H12Cl2O6/c9-8(10,3-11)7(14)16-5-1-6(13)15-2-4(5)12/h4-6,11-13H,1-3H2/t4-,5+,6?/m0/s1. The van der Waals surface area contributed by atoms with E-state index in [1.807, 2.05) is 0 Å². The third kappa shape index (κ3) is 3.44. The van der Waals surface area contributed by atoms with Gasteiger partial charge in [-0.3, -0.25) is 0 Å². The molecule has 1 aliphatic heterocycles. The Labute approximate surface area is 102 Å². The molecule has 6 nitrogen and oxygen atoms in total. The SMILES string of the molecule is O=C(O[C@@H]1CC(O)OC[C@@H]1O)C(Cl)(Cl)CO. The molecular weight excluding hydrogens is 263 g/mol. The molecule has 0 spiro atoms. The zero-order valence-electron chi connectivity index (χ0n) is 8.18. The molecule has 0 bridgehead atoms. The molecule has 1 heterocycles. The summed E-state index contributed by atoms with van der Waals surface area (Å²) in [5, 5.41) is 27.3. The van der Waals surface area contributed by atoms with Crippen LogP contribution >= 0.6 is 23.2 Å². The van der Waals surface area contributed by atoms with E-state index >= 15 is 0 Å². The number of esters is 1. The first-order valence-electron chi connectivity index (χ1n) is 4.54. The summed E-state index contributed by atoms with van der Waals surface area (Å²) in [6, 6.07) is 0. The van der Waals surface area contributed by atoms with Crippen molar-refractivity contribution >= 4 is 29.2 Å². The van der Waals surface area contributed by atoms with Gasteiger partial charge in [0.15, 0.2) is 6.29 Å². The van der Waals surface area contributed by atoms with Crippen LogP contribution in [0.2, 0.25) is 0 Å². The summed E-state index contributed by atoms with van der Waals surface area (Å²) in [4.78, 5) is 11.3. The average Bonchev–Trinajstić information content (AvgIpc) is 2.23. The molecule has 0 radical (unpaired) electrons. The number of carbonyl (C=O) groups is 1. The van der Waals surface area contributed by atoms with Crippen LogP contribution in [0.25, 0.3) is 0 Å². The third-order valence-electron chi connectivity index (χ3n) is 2.08. The Morgan fingerprint density at radius 3 is 2.69 bits per heavy atom. The van der Waals surface area contributed by atoms with Gasteiger partial charge in [0.2, 0.25) is 4.33 Å². The normalized spacial score (nSPS) is 31.2. The predicted octanol–water partition coefficient (Wildman–Crippen LogP) is -0.836. The molecule has 0 aliphatic carbocycles. The van der Waals surface area contributed by atoms with Crippen molar-refractivity contribution in [3.05, 3.63) is 0 Å². The molecule has 3 N–H and O–H groups in total. The van der Waals surface area contributed by atoms with Crippen LogP contribution in [0, 0.1) is 0 Å². The quantitative estimate of drug-likeness (QED) is 0.459. The van der Waals surface area contributed by atoms with E-state index in [1.165, 1.54) is 0 Å². The van der Waals surface area contributed by atoms with E-state index in [-0.39, 0.29) is 13.0 Å². The summed E-state index contributed by atoms with van der Waals surface area (Å²) in [5.74, 6) is -1.07. The van der Waals surface area contributed by atoms with Crippen LogP contribution < -0.4 is 0 Å². The number of hydrogen-bond acceptors (Lipinski definition) is 6. The van der Waals surface area contributed by atoms with Gasteiger partial charge < -0.3 is 24.8 Å². The maximum Gasteiger partial charge on any atom is 0.345 e. The van der Waals surface area contributed by atoms with E-state index in [0.717, 1.165) is 0 Å². The fraction of sp³-hybridized carbons (Fsp3) is 0.875. The minimum atomic E-state index is -2.07. The monoisotopic (exact) mass is 274 g/mol. The Bertz CT molecular complexity index is 259. The Hall–Kier alpha value is -0.110. The minimum absolute atomic E-state index is 0.0812. The molecular formula is C8H12Cl2O6. The van der Waals surface area contributed by atoms with Crippen molar-refractivity contribution in [1.29, 1.82) is 0 Å². The van der Waals surface area contributed by atoms with Crippen LogP contribution in [0.1, 0.15) is 6.42 Å². The van der Waals surface area contributed by atoms with Gasteiger partial charge in [-0.05, 0) is 0 Å². The second kappa shape index (κ2) is 5.48. The lowest BCUT2D eigenvalue weighted by atomic mass is 10.1. The predicted molar refractivity (Wildman–Crippen MR) is 54.0 cm³/mol. The van der Waals surface area contributed by atoms with Crippen LogP contribution in [-0.4, -0.2) is 57.3 Å². The molecule has 1 fully saturated rings. The number of rotatable bonds is 3. The second-order valence-corrected chi connectivity index (χ2v) is 4.88. The van der Waals surface area contributed by atoms with Gasteiger partial charge in [0.1, 0.15) is 12.2 Å². The molecule has 3 atom stereocenters. The Morgan fingerprint density at radius 1 is 1.50 bits per heavy atom.